The number of rotatable bonds is 8. The largest absolute Gasteiger partial charge is 0.493 e. The van der Waals surface area contributed by atoms with Gasteiger partial charge < -0.3 is 18.9 Å². The highest BCUT2D eigenvalue weighted by Gasteiger charge is 2.21. The summed E-state index contributed by atoms with van der Waals surface area (Å²) in [5.41, 5.74) is 4.28. The van der Waals surface area contributed by atoms with Gasteiger partial charge in [-0.3, -0.25) is 4.40 Å². The number of hydrogen-bond acceptors (Lipinski definition) is 8. The summed E-state index contributed by atoms with van der Waals surface area (Å²) in [6.07, 6.45) is 0.697. The summed E-state index contributed by atoms with van der Waals surface area (Å²) in [5.74, 6) is 3.67. The zero-order valence-corrected chi connectivity index (χ0v) is 22.5. The Balaban J connectivity index is 1.38. The first-order valence-corrected chi connectivity index (χ1v) is 13.7. The van der Waals surface area contributed by atoms with Gasteiger partial charge in [-0.2, -0.15) is 0 Å². The smallest absolute Gasteiger partial charge is 0.231 e. The van der Waals surface area contributed by atoms with Gasteiger partial charge in [-0.1, -0.05) is 59.0 Å². The summed E-state index contributed by atoms with van der Waals surface area (Å²) >= 11 is 9.66. The first-order valence-electron chi connectivity index (χ1n) is 11.5. The predicted octanol–water partition coefficient (Wildman–Crippen LogP) is 6.74. The number of hydrogen-bond donors (Lipinski definition) is 0. The van der Waals surface area contributed by atoms with E-state index in [0.29, 0.717) is 28.7 Å². The van der Waals surface area contributed by atoms with Crippen LogP contribution in [0.2, 0.25) is 5.02 Å². The molecule has 0 fully saturated rings. The van der Waals surface area contributed by atoms with Crippen molar-refractivity contribution in [3.8, 4) is 34.3 Å². The van der Waals surface area contributed by atoms with Gasteiger partial charge in [0.1, 0.15) is 0 Å². The number of thioether (sulfide) groups is 1. The summed E-state index contributed by atoms with van der Waals surface area (Å²) in [6.45, 7) is 0.261. The lowest BCUT2D eigenvalue weighted by Gasteiger charge is -2.11. The van der Waals surface area contributed by atoms with E-state index in [1.165, 1.54) is 0 Å². The van der Waals surface area contributed by atoms with Crippen LogP contribution in [0.4, 0.5) is 0 Å². The van der Waals surface area contributed by atoms with Gasteiger partial charge in [0.25, 0.3) is 0 Å². The van der Waals surface area contributed by atoms with Crippen LogP contribution in [0.3, 0.4) is 0 Å². The van der Waals surface area contributed by atoms with Crippen molar-refractivity contribution >= 4 is 39.7 Å². The monoisotopic (exact) mass is 551 g/mol. The van der Waals surface area contributed by atoms with Gasteiger partial charge in [-0.15, -0.1) is 10.2 Å². The molecule has 0 spiro atoms. The number of methoxy groups -OCH3 is 2. The van der Waals surface area contributed by atoms with E-state index in [9.17, 15) is 0 Å². The minimum absolute atomic E-state index is 0.261. The van der Waals surface area contributed by atoms with E-state index in [2.05, 4.69) is 26.7 Å². The molecule has 0 unspecified atom stereocenters. The summed E-state index contributed by atoms with van der Waals surface area (Å²) in [7, 11) is 3.28. The highest BCUT2D eigenvalue weighted by Crippen LogP contribution is 2.39. The molecule has 5 aromatic rings. The maximum absolute atomic E-state index is 6.40. The molecule has 1 aliphatic rings. The second-order valence-electron chi connectivity index (χ2n) is 8.33. The maximum Gasteiger partial charge on any atom is 0.231 e. The highest BCUT2D eigenvalue weighted by molar-refractivity contribution is 7.98. The third kappa shape index (κ3) is 4.70. The molecule has 10 heteroatoms. The van der Waals surface area contributed by atoms with Crippen molar-refractivity contribution in [3.63, 3.8) is 0 Å². The number of halogens is 1. The second kappa shape index (κ2) is 10.2. The van der Waals surface area contributed by atoms with Gasteiger partial charge in [0.05, 0.1) is 19.9 Å². The molecular formula is C27H22ClN3O4S2. The van der Waals surface area contributed by atoms with Gasteiger partial charge >= 0.3 is 0 Å². The normalized spacial score (nSPS) is 12.3. The van der Waals surface area contributed by atoms with Gasteiger partial charge in [0, 0.05) is 27.6 Å². The average molecular weight is 552 g/mol. The molecule has 0 bridgehead atoms. The number of ether oxygens (including phenoxy) is 4. The Bertz CT molecular complexity index is 1600. The Morgan fingerprint density at radius 2 is 1.78 bits per heavy atom. The van der Waals surface area contributed by atoms with Crippen molar-refractivity contribution < 1.29 is 18.9 Å². The standard InChI is InChI=1S/C27H22ClN3O4S2/c1-32-20-8-6-16(10-22(20)33-2)12-24-25(18-4-3-5-19(28)13-18)31-26(29-30-27(31)37-24)36-14-17-7-9-21-23(11-17)35-15-34-21/h3-11,13H,12,14-15H2,1-2H3. The van der Waals surface area contributed by atoms with Crippen molar-refractivity contribution in [1.82, 2.24) is 14.6 Å². The van der Waals surface area contributed by atoms with Gasteiger partial charge in [-0.05, 0) is 47.5 Å². The maximum atomic E-state index is 6.40. The van der Waals surface area contributed by atoms with Crippen LogP contribution in [0.15, 0.2) is 65.8 Å². The Morgan fingerprint density at radius 3 is 2.62 bits per heavy atom. The van der Waals surface area contributed by atoms with Crippen molar-refractivity contribution in [1.29, 1.82) is 0 Å². The highest BCUT2D eigenvalue weighted by atomic mass is 35.5. The molecule has 0 aliphatic carbocycles. The average Bonchev–Trinajstić information content (AvgIpc) is 3.62. The molecular weight excluding hydrogens is 530 g/mol. The van der Waals surface area contributed by atoms with E-state index in [-0.39, 0.29) is 6.79 Å². The molecule has 3 aromatic carbocycles. The Hall–Kier alpha value is -3.40. The molecule has 6 rings (SSSR count). The SMILES string of the molecule is COc1ccc(Cc2sc3nnc(SCc4ccc5c(c4)OCO5)n3c2-c2cccc(Cl)c2)cc1OC. The predicted molar refractivity (Wildman–Crippen MR) is 146 cm³/mol. The van der Waals surface area contributed by atoms with Gasteiger partial charge in [-0.25, -0.2) is 0 Å². The third-order valence-corrected chi connectivity index (χ3v) is 8.29. The molecule has 37 heavy (non-hydrogen) atoms. The fourth-order valence-electron chi connectivity index (χ4n) is 4.29. The fourth-order valence-corrected chi connectivity index (χ4v) is 6.54. The number of benzene rings is 3. The van der Waals surface area contributed by atoms with E-state index in [1.807, 2.05) is 48.5 Å². The Morgan fingerprint density at radius 1 is 0.946 bits per heavy atom. The van der Waals surface area contributed by atoms with Crippen LogP contribution >= 0.6 is 34.7 Å². The number of aromatic nitrogens is 3. The van der Waals surface area contributed by atoms with E-state index in [0.717, 1.165) is 48.9 Å². The molecule has 2 aromatic heterocycles. The topological polar surface area (TPSA) is 67.1 Å². The van der Waals surface area contributed by atoms with Crippen molar-refractivity contribution in [3.05, 3.63) is 81.7 Å². The Labute approximate surface area is 226 Å². The van der Waals surface area contributed by atoms with Crippen LogP contribution in [-0.4, -0.2) is 35.6 Å². The second-order valence-corrected chi connectivity index (χ2v) is 10.8. The first kappa shape index (κ1) is 24.0. The number of fused-ring (bicyclic) bond motifs is 2. The van der Waals surface area contributed by atoms with Crippen LogP contribution in [0.5, 0.6) is 23.0 Å². The van der Waals surface area contributed by atoms with Gasteiger partial charge in [0.15, 0.2) is 28.2 Å². The van der Waals surface area contributed by atoms with Crippen LogP contribution in [0.1, 0.15) is 16.0 Å². The lowest BCUT2D eigenvalue weighted by Crippen LogP contribution is -1.96. The Kier molecular flexibility index (Phi) is 6.58. The molecule has 0 radical (unpaired) electrons. The number of thiazole rings is 1. The summed E-state index contributed by atoms with van der Waals surface area (Å²) in [5, 5.41) is 10.5. The molecule has 7 nitrogen and oxygen atoms in total. The van der Waals surface area contributed by atoms with E-state index >= 15 is 0 Å². The summed E-state index contributed by atoms with van der Waals surface area (Å²) in [4.78, 5) is 1.99. The van der Waals surface area contributed by atoms with E-state index < -0.39 is 0 Å². The van der Waals surface area contributed by atoms with E-state index in [4.69, 9.17) is 30.5 Å². The molecule has 188 valence electrons. The van der Waals surface area contributed by atoms with Crippen molar-refractivity contribution in [2.75, 3.05) is 21.0 Å². The van der Waals surface area contributed by atoms with Crippen LogP contribution < -0.4 is 18.9 Å². The summed E-state index contributed by atoms with van der Waals surface area (Å²) in [6, 6.07) is 19.9. The molecule has 1 aliphatic heterocycles. The number of nitrogens with zero attached hydrogens (tertiary/aromatic N) is 3. The third-order valence-electron chi connectivity index (χ3n) is 6.02. The fraction of sp³-hybridized carbons (Fsp3) is 0.185. The van der Waals surface area contributed by atoms with Crippen molar-refractivity contribution in [2.24, 2.45) is 0 Å². The minimum atomic E-state index is 0.261. The molecule has 0 N–H and O–H groups in total. The van der Waals surface area contributed by atoms with Gasteiger partial charge in [0.2, 0.25) is 11.8 Å². The van der Waals surface area contributed by atoms with Crippen LogP contribution in [0.25, 0.3) is 16.2 Å². The summed E-state index contributed by atoms with van der Waals surface area (Å²) < 4.78 is 24.0. The lowest BCUT2D eigenvalue weighted by molar-refractivity contribution is 0.174. The molecule has 0 atom stereocenters. The molecule has 3 heterocycles. The zero-order valence-electron chi connectivity index (χ0n) is 20.1. The van der Waals surface area contributed by atoms with E-state index in [1.54, 1.807) is 37.3 Å². The first-order chi connectivity index (χ1) is 18.1. The molecule has 0 saturated carbocycles. The quantitative estimate of drug-likeness (QED) is 0.198. The van der Waals surface area contributed by atoms with Crippen LogP contribution in [0, 0.1) is 0 Å². The van der Waals surface area contributed by atoms with Crippen molar-refractivity contribution in [2.45, 2.75) is 17.3 Å². The molecule has 0 saturated heterocycles. The van der Waals surface area contributed by atoms with Crippen LogP contribution in [-0.2, 0) is 12.2 Å². The lowest BCUT2D eigenvalue weighted by atomic mass is 10.1. The minimum Gasteiger partial charge on any atom is -0.493 e. The zero-order chi connectivity index (χ0) is 25.4. The molecule has 0 amide bonds.